The van der Waals surface area contributed by atoms with Crippen LogP contribution in [0, 0.1) is 0 Å². The van der Waals surface area contributed by atoms with E-state index in [2.05, 4.69) is 10.1 Å². The number of ether oxygens (including phenoxy) is 1. The number of hydrogen-bond donors (Lipinski definition) is 4. The molecular weight excluding hydrogens is 304 g/mol. The van der Waals surface area contributed by atoms with Gasteiger partial charge in [-0.05, 0) is 31.0 Å². The highest BCUT2D eigenvalue weighted by Crippen LogP contribution is 2.08. The molecule has 0 aliphatic rings. The number of rotatable bonds is 5. The van der Waals surface area contributed by atoms with Gasteiger partial charge in [-0.1, -0.05) is 12.1 Å². The number of carbonyl (C=O) groups is 3. The first-order valence-corrected chi connectivity index (χ1v) is 6.57. The van der Waals surface area contributed by atoms with Crippen LogP contribution in [0.15, 0.2) is 36.4 Å². The summed E-state index contributed by atoms with van der Waals surface area (Å²) in [5.41, 5.74) is 7.48. The number of methoxy groups -OCH3 is 1. The standard InChI is InChI=1S/C11H16N2O2.C4H4O4/c1-8(13-11(14)15-2)6-9-4-3-5-10(12)7-9;5-3(6)1-2-4(7)8/h3-5,7-8H,6,12H2,1-2H3,(H,13,14);1-2H,(H,5,6)(H,7,8). The minimum Gasteiger partial charge on any atom is -0.478 e. The first-order valence-electron chi connectivity index (χ1n) is 6.57. The Morgan fingerprint density at radius 3 is 2.26 bits per heavy atom. The van der Waals surface area contributed by atoms with Gasteiger partial charge in [0.1, 0.15) is 0 Å². The number of carboxylic acids is 2. The van der Waals surface area contributed by atoms with Crippen molar-refractivity contribution in [2.45, 2.75) is 19.4 Å². The summed E-state index contributed by atoms with van der Waals surface area (Å²) in [6.07, 6.45) is 1.44. The number of nitrogen functional groups attached to an aromatic ring is 1. The number of hydrogen-bond acceptors (Lipinski definition) is 5. The predicted octanol–water partition coefficient (Wildman–Crippen LogP) is 1.27. The monoisotopic (exact) mass is 324 g/mol. The Morgan fingerprint density at radius 2 is 1.83 bits per heavy atom. The van der Waals surface area contributed by atoms with Crippen LogP contribution in [0.5, 0.6) is 0 Å². The minimum atomic E-state index is -1.26. The molecule has 0 bridgehead atoms. The molecule has 0 aliphatic heterocycles. The van der Waals surface area contributed by atoms with Crippen molar-refractivity contribution in [3.05, 3.63) is 42.0 Å². The van der Waals surface area contributed by atoms with Crippen molar-refractivity contribution < 1.29 is 29.3 Å². The van der Waals surface area contributed by atoms with Gasteiger partial charge in [-0.3, -0.25) is 0 Å². The normalized spacial score (nSPS) is 11.0. The number of carbonyl (C=O) groups excluding carboxylic acids is 1. The van der Waals surface area contributed by atoms with Crippen molar-refractivity contribution in [3.8, 4) is 0 Å². The molecule has 23 heavy (non-hydrogen) atoms. The molecule has 8 heteroatoms. The molecule has 0 saturated carbocycles. The van der Waals surface area contributed by atoms with E-state index in [4.69, 9.17) is 15.9 Å². The topological polar surface area (TPSA) is 139 Å². The van der Waals surface area contributed by atoms with Gasteiger partial charge in [0.05, 0.1) is 7.11 Å². The fourth-order valence-corrected chi connectivity index (χ4v) is 1.53. The maximum Gasteiger partial charge on any atom is 0.407 e. The van der Waals surface area contributed by atoms with Crippen molar-refractivity contribution in [2.75, 3.05) is 12.8 Å². The molecule has 1 atom stereocenters. The highest BCUT2D eigenvalue weighted by atomic mass is 16.5. The van der Waals surface area contributed by atoms with Crippen LogP contribution in [0.2, 0.25) is 0 Å². The molecule has 0 saturated heterocycles. The zero-order chi connectivity index (χ0) is 17.8. The van der Waals surface area contributed by atoms with E-state index in [0.717, 1.165) is 17.7 Å². The van der Waals surface area contributed by atoms with Gasteiger partial charge in [0.25, 0.3) is 0 Å². The van der Waals surface area contributed by atoms with Crippen LogP contribution in [0.1, 0.15) is 12.5 Å². The van der Waals surface area contributed by atoms with E-state index in [9.17, 15) is 14.4 Å². The number of benzene rings is 1. The summed E-state index contributed by atoms with van der Waals surface area (Å²) >= 11 is 0. The predicted molar refractivity (Wildman–Crippen MR) is 84.0 cm³/mol. The van der Waals surface area contributed by atoms with Crippen molar-refractivity contribution in [1.82, 2.24) is 5.32 Å². The Kier molecular flexibility index (Phi) is 9.26. The third-order valence-electron chi connectivity index (χ3n) is 2.41. The summed E-state index contributed by atoms with van der Waals surface area (Å²) in [6.45, 7) is 1.92. The highest BCUT2D eigenvalue weighted by Gasteiger charge is 2.07. The van der Waals surface area contributed by atoms with Gasteiger partial charge < -0.3 is 26.0 Å². The third kappa shape index (κ3) is 11.3. The molecule has 1 unspecified atom stereocenters. The quantitative estimate of drug-likeness (QED) is 0.472. The second kappa shape index (κ2) is 10.7. The Hall–Kier alpha value is -3.03. The van der Waals surface area contributed by atoms with Gasteiger partial charge in [-0.2, -0.15) is 0 Å². The van der Waals surface area contributed by atoms with E-state index in [-0.39, 0.29) is 6.04 Å². The van der Waals surface area contributed by atoms with E-state index >= 15 is 0 Å². The van der Waals surface area contributed by atoms with Crippen LogP contribution in [-0.4, -0.2) is 41.4 Å². The summed E-state index contributed by atoms with van der Waals surface area (Å²) in [5.74, 6) is -2.51. The Morgan fingerprint density at radius 1 is 1.26 bits per heavy atom. The third-order valence-corrected chi connectivity index (χ3v) is 2.41. The van der Waals surface area contributed by atoms with Gasteiger partial charge in [0.2, 0.25) is 0 Å². The van der Waals surface area contributed by atoms with Crippen LogP contribution in [0.25, 0.3) is 0 Å². The average Bonchev–Trinajstić information content (AvgIpc) is 2.45. The average molecular weight is 324 g/mol. The van der Waals surface area contributed by atoms with Crippen LogP contribution < -0.4 is 11.1 Å². The number of nitrogens with one attached hydrogen (secondary N) is 1. The maximum absolute atomic E-state index is 10.9. The molecule has 0 aromatic heterocycles. The Labute approximate surface area is 133 Å². The molecule has 8 nitrogen and oxygen atoms in total. The highest BCUT2D eigenvalue weighted by molar-refractivity contribution is 5.89. The molecule has 1 rings (SSSR count). The lowest BCUT2D eigenvalue weighted by atomic mass is 10.1. The second-order valence-electron chi connectivity index (χ2n) is 4.50. The van der Waals surface area contributed by atoms with Gasteiger partial charge >= 0.3 is 18.0 Å². The summed E-state index contributed by atoms with van der Waals surface area (Å²) < 4.78 is 4.51. The largest absolute Gasteiger partial charge is 0.478 e. The number of alkyl carbamates (subject to hydrolysis) is 1. The molecule has 1 aromatic rings. The zero-order valence-electron chi connectivity index (χ0n) is 12.9. The van der Waals surface area contributed by atoms with E-state index in [0.29, 0.717) is 12.2 Å². The molecule has 5 N–H and O–H groups in total. The summed E-state index contributed by atoms with van der Waals surface area (Å²) in [7, 11) is 1.35. The molecule has 0 fully saturated rings. The number of anilines is 1. The smallest absolute Gasteiger partial charge is 0.407 e. The van der Waals surface area contributed by atoms with E-state index in [1.165, 1.54) is 7.11 Å². The maximum atomic E-state index is 10.9. The molecule has 0 heterocycles. The lowest BCUT2D eigenvalue weighted by Gasteiger charge is -2.12. The number of aliphatic carboxylic acids is 2. The van der Waals surface area contributed by atoms with Gasteiger partial charge in [-0.25, -0.2) is 14.4 Å². The molecular formula is C15H20N2O6. The minimum absolute atomic E-state index is 0.0271. The molecule has 0 spiro atoms. The van der Waals surface area contributed by atoms with Gasteiger partial charge in [-0.15, -0.1) is 0 Å². The first-order chi connectivity index (χ1) is 10.7. The van der Waals surface area contributed by atoms with E-state index in [1.807, 2.05) is 31.2 Å². The second-order valence-corrected chi connectivity index (χ2v) is 4.50. The van der Waals surface area contributed by atoms with Crippen molar-refractivity contribution in [1.29, 1.82) is 0 Å². The van der Waals surface area contributed by atoms with Crippen LogP contribution in [-0.2, 0) is 20.7 Å². The van der Waals surface area contributed by atoms with Crippen molar-refractivity contribution in [2.24, 2.45) is 0 Å². The summed E-state index contributed by atoms with van der Waals surface area (Å²) in [6, 6.07) is 7.64. The zero-order valence-corrected chi connectivity index (χ0v) is 12.9. The number of carboxylic acid groups (broad SMARTS) is 2. The molecule has 1 amide bonds. The van der Waals surface area contributed by atoms with Crippen LogP contribution in [0.3, 0.4) is 0 Å². The lowest BCUT2D eigenvalue weighted by Crippen LogP contribution is -2.33. The molecule has 126 valence electrons. The van der Waals surface area contributed by atoms with E-state index in [1.54, 1.807) is 0 Å². The fourth-order valence-electron chi connectivity index (χ4n) is 1.53. The number of nitrogens with two attached hydrogens (primary N) is 1. The summed E-state index contributed by atoms with van der Waals surface area (Å²) in [5, 5.41) is 18.3. The van der Waals surface area contributed by atoms with E-state index < -0.39 is 18.0 Å². The summed E-state index contributed by atoms with van der Waals surface area (Å²) in [4.78, 5) is 30.0. The van der Waals surface area contributed by atoms with Gasteiger partial charge in [0.15, 0.2) is 0 Å². The molecule has 0 aliphatic carbocycles. The Balaban J connectivity index is 0.000000515. The molecule has 1 aromatic carbocycles. The van der Waals surface area contributed by atoms with Gasteiger partial charge in [0, 0.05) is 23.9 Å². The Bertz CT molecular complexity index is 555. The SMILES string of the molecule is COC(=O)NC(C)Cc1cccc(N)c1.O=C(O)C=CC(=O)O. The first kappa shape index (κ1) is 20.0. The van der Waals surface area contributed by atoms with Crippen LogP contribution in [0.4, 0.5) is 10.5 Å². The van der Waals surface area contributed by atoms with Crippen molar-refractivity contribution >= 4 is 23.7 Å². The number of amides is 1. The molecule has 0 radical (unpaired) electrons. The lowest BCUT2D eigenvalue weighted by molar-refractivity contribution is -0.134. The van der Waals surface area contributed by atoms with Crippen LogP contribution >= 0.6 is 0 Å². The van der Waals surface area contributed by atoms with Crippen molar-refractivity contribution in [3.63, 3.8) is 0 Å². The fraction of sp³-hybridized carbons (Fsp3) is 0.267.